The fourth-order valence-electron chi connectivity index (χ4n) is 2.18. The van der Waals surface area contributed by atoms with Crippen molar-refractivity contribution in [3.63, 3.8) is 0 Å². The summed E-state index contributed by atoms with van der Waals surface area (Å²) < 4.78 is 0. The Bertz CT molecular complexity index is 808. The smallest absolute Gasteiger partial charge is 0.205 e. The van der Waals surface area contributed by atoms with Crippen LogP contribution in [0.2, 0.25) is 0 Å². The number of nitrogen functional groups attached to an aromatic ring is 1. The molecule has 2 aromatic carbocycles. The molecule has 110 valence electrons. The van der Waals surface area contributed by atoms with E-state index in [1.54, 1.807) is 11.6 Å². The summed E-state index contributed by atoms with van der Waals surface area (Å²) in [5.41, 5.74) is 13.1. The largest absolute Gasteiger partial charge is 0.383 e. The maximum atomic E-state index is 5.57. The molecule has 0 bridgehead atoms. The van der Waals surface area contributed by atoms with Gasteiger partial charge in [-0.1, -0.05) is 42.5 Å². The summed E-state index contributed by atoms with van der Waals surface area (Å²) in [4.78, 5) is 4.09. The molecule has 0 saturated carbocycles. The fraction of sp³-hybridized carbons (Fsp3) is 0.0588. The van der Waals surface area contributed by atoms with Crippen LogP contribution >= 0.6 is 11.3 Å². The van der Waals surface area contributed by atoms with Gasteiger partial charge in [-0.25, -0.2) is 4.98 Å². The maximum absolute atomic E-state index is 5.57. The van der Waals surface area contributed by atoms with Crippen molar-refractivity contribution < 1.29 is 0 Å². The summed E-state index contributed by atoms with van der Waals surface area (Å²) in [6.07, 6.45) is 1.78. The van der Waals surface area contributed by atoms with Gasteiger partial charge < -0.3 is 5.73 Å². The highest BCUT2D eigenvalue weighted by atomic mass is 32.1. The number of anilines is 2. The number of hydrogen-bond acceptors (Lipinski definition) is 5. The molecule has 1 heterocycles. The summed E-state index contributed by atoms with van der Waals surface area (Å²) >= 11 is 1.43. The highest BCUT2D eigenvalue weighted by molar-refractivity contribution is 7.14. The first-order valence-electron chi connectivity index (χ1n) is 6.88. The number of hydrazone groups is 1. The van der Waals surface area contributed by atoms with Crippen molar-refractivity contribution in [2.75, 3.05) is 11.2 Å². The summed E-state index contributed by atoms with van der Waals surface area (Å²) in [5.74, 6) is 0.504. The number of hydrogen-bond donors (Lipinski definition) is 2. The molecule has 0 aliphatic heterocycles. The Morgan fingerprint density at radius 3 is 2.82 bits per heavy atom. The van der Waals surface area contributed by atoms with E-state index >= 15 is 0 Å². The Kier molecular flexibility index (Phi) is 4.16. The van der Waals surface area contributed by atoms with Crippen molar-refractivity contribution >= 4 is 28.5 Å². The maximum Gasteiger partial charge on any atom is 0.205 e. The Hall–Kier alpha value is -2.66. The summed E-state index contributed by atoms with van der Waals surface area (Å²) in [6, 6.07) is 16.6. The van der Waals surface area contributed by atoms with E-state index in [0.717, 1.165) is 5.56 Å². The van der Waals surface area contributed by atoms with Crippen LogP contribution in [0.1, 0.15) is 11.1 Å². The van der Waals surface area contributed by atoms with E-state index in [9.17, 15) is 0 Å². The molecule has 0 atom stereocenters. The second-order valence-electron chi connectivity index (χ2n) is 4.89. The number of nitrogens with two attached hydrogens (primary N) is 1. The van der Waals surface area contributed by atoms with Crippen molar-refractivity contribution in [2.45, 2.75) is 6.92 Å². The lowest BCUT2D eigenvalue weighted by molar-refractivity contribution is 1.29. The van der Waals surface area contributed by atoms with Crippen LogP contribution in [-0.2, 0) is 0 Å². The second kappa shape index (κ2) is 6.41. The number of benzene rings is 2. The number of rotatable bonds is 4. The van der Waals surface area contributed by atoms with Gasteiger partial charge in [-0.15, -0.1) is 11.3 Å². The summed E-state index contributed by atoms with van der Waals surface area (Å²) in [7, 11) is 0. The molecule has 3 rings (SSSR count). The molecule has 0 spiro atoms. The number of aromatic nitrogens is 1. The molecule has 3 aromatic rings. The van der Waals surface area contributed by atoms with Crippen molar-refractivity contribution in [1.29, 1.82) is 0 Å². The number of aryl methyl sites for hydroxylation is 1. The zero-order valence-corrected chi connectivity index (χ0v) is 13.0. The van der Waals surface area contributed by atoms with Gasteiger partial charge in [0, 0.05) is 5.38 Å². The Balaban J connectivity index is 1.78. The predicted octanol–water partition coefficient (Wildman–Crippen LogP) is 4.15. The average Bonchev–Trinajstić information content (AvgIpc) is 2.94. The number of nitrogens with one attached hydrogen (secondary N) is 1. The van der Waals surface area contributed by atoms with Crippen LogP contribution in [0, 0.1) is 6.92 Å². The van der Waals surface area contributed by atoms with E-state index in [2.05, 4.69) is 52.8 Å². The molecule has 4 nitrogen and oxygen atoms in total. The lowest BCUT2D eigenvalue weighted by Crippen LogP contribution is -1.91. The highest BCUT2D eigenvalue weighted by Gasteiger charge is 2.01. The Labute approximate surface area is 133 Å². The molecular formula is C17H16N4S. The van der Waals surface area contributed by atoms with E-state index in [4.69, 9.17) is 5.73 Å². The van der Waals surface area contributed by atoms with E-state index in [-0.39, 0.29) is 0 Å². The van der Waals surface area contributed by atoms with Gasteiger partial charge in [0.15, 0.2) is 0 Å². The molecule has 0 amide bonds. The van der Waals surface area contributed by atoms with Crippen LogP contribution < -0.4 is 11.2 Å². The zero-order chi connectivity index (χ0) is 15.4. The number of thiazole rings is 1. The third-order valence-electron chi connectivity index (χ3n) is 3.24. The molecule has 0 radical (unpaired) electrons. The van der Waals surface area contributed by atoms with Gasteiger partial charge in [0.05, 0.1) is 6.21 Å². The third-order valence-corrected chi connectivity index (χ3v) is 4.00. The SMILES string of the molecule is Cc1ccccc1-c1cccc(C=NNc2nc(N)cs2)c1. The molecule has 0 aliphatic carbocycles. The van der Waals surface area contributed by atoms with Crippen LogP contribution in [0.5, 0.6) is 0 Å². The van der Waals surface area contributed by atoms with Gasteiger partial charge in [0.1, 0.15) is 5.82 Å². The lowest BCUT2D eigenvalue weighted by atomic mass is 9.99. The van der Waals surface area contributed by atoms with Crippen LogP contribution in [0.15, 0.2) is 59.0 Å². The van der Waals surface area contributed by atoms with Crippen LogP contribution in [0.25, 0.3) is 11.1 Å². The van der Waals surface area contributed by atoms with Gasteiger partial charge in [0.2, 0.25) is 5.13 Å². The Morgan fingerprint density at radius 2 is 2.05 bits per heavy atom. The molecular weight excluding hydrogens is 292 g/mol. The normalized spacial score (nSPS) is 11.0. The van der Waals surface area contributed by atoms with Crippen LogP contribution in [0.3, 0.4) is 0 Å². The van der Waals surface area contributed by atoms with Gasteiger partial charge in [-0.3, -0.25) is 5.43 Å². The minimum absolute atomic E-state index is 0.504. The minimum atomic E-state index is 0.504. The molecule has 0 fully saturated rings. The van der Waals surface area contributed by atoms with E-state index in [0.29, 0.717) is 10.9 Å². The van der Waals surface area contributed by atoms with Gasteiger partial charge in [0.25, 0.3) is 0 Å². The van der Waals surface area contributed by atoms with Crippen molar-refractivity contribution in [2.24, 2.45) is 5.10 Å². The monoisotopic (exact) mass is 308 g/mol. The average molecular weight is 308 g/mol. The molecule has 0 unspecified atom stereocenters. The second-order valence-corrected chi connectivity index (χ2v) is 5.75. The first kappa shape index (κ1) is 14.3. The summed E-state index contributed by atoms with van der Waals surface area (Å²) in [6.45, 7) is 2.12. The van der Waals surface area contributed by atoms with Gasteiger partial charge >= 0.3 is 0 Å². The molecule has 0 aliphatic rings. The fourth-order valence-corrected chi connectivity index (χ4v) is 2.73. The molecule has 5 heteroatoms. The zero-order valence-electron chi connectivity index (χ0n) is 12.2. The first-order chi connectivity index (χ1) is 10.7. The molecule has 1 aromatic heterocycles. The third kappa shape index (κ3) is 3.32. The van der Waals surface area contributed by atoms with Crippen LogP contribution in [0.4, 0.5) is 10.9 Å². The van der Waals surface area contributed by atoms with Crippen molar-refractivity contribution in [1.82, 2.24) is 4.98 Å². The van der Waals surface area contributed by atoms with Gasteiger partial charge in [-0.05, 0) is 35.2 Å². The van der Waals surface area contributed by atoms with Crippen molar-refractivity contribution in [3.05, 3.63) is 65.0 Å². The minimum Gasteiger partial charge on any atom is -0.383 e. The van der Waals surface area contributed by atoms with Gasteiger partial charge in [-0.2, -0.15) is 5.10 Å². The molecule has 0 saturated heterocycles. The topological polar surface area (TPSA) is 63.3 Å². The van der Waals surface area contributed by atoms with Crippen LogP contribution in [-0.4, -0.2) is 11.2 Å². The standard InChI is InChI=1S/C17H16N4S/c1-12-5-2-3-8-15(12)14-7-4-6-13(9-14)10-19-21-17-20-16(18)11-22-17/h2-11H,18H2,1H3,(H,20,21). The van der Waals surface area contributed by atoms with E-state index < -0.39 is 0 Å². The van der Waals surface area contributed by atoms with Crippen molar-refractivity contribution in [3.8, 4) is 11.1 Å². The number of nitrogens with zero attached hydrogens (tertiary/aromatic N) is 2. The quantitative estimate of drug-likeness (QED) is 0.562. The predicted molar refractivity (Wildman–Crippen MR) is 94.4 cm³/mol. The molecule has 22 heavy (non-hydrogen) atoms. The first-order valence-corrected chi connectivity index (χ1v) is 7.76. The van der Waals surface area contributed by atoms with E-state index in [1.807, 2.05) is 18.2 Å². The molecule has 3 N–H and O–H groups in total. The summed E-state index contributed by atoms with van der Waals surface area (Å²) in [5, 5.41) is 6.66. The Morgan fingerprint density at radius 1 is 1.18 bits per heavy atom. The lowest BCUT2D eigenvalue weighted by Gasteiger charge is -2.06. The van der Waals surface area contributed by atoms with E-state index in [1.165, 1.54) is 28.0 Å². The highest BCUT2D eigenvalue weighted by Crippen LogP contribution is 2.23.